The Hall–Kier alpha value is -2.53. The fraction of sp³-hybridized carbons (Fsp3) is 0.125. The molecule has 0 saturated heterocycles. The maximum absolute atomic E-state index is 11.3. The van der Waals surface area contributed by atoms with Crippen molar-refractivity contribution >= 4 is 23.1 Å². The van der Waals surface area contributed by atoms with Crippen molar-refractivity contribution in [2.45, 2.75) is 13.5 Å². The number of hydrogen-bond donors (Lipinski definition) is 1. The second-order valence-electron chi connectivity index (χ2n) is 4.84. The van der Waals surface area contributed by atoms with Crippen LogP contribution >= 0.6 is 11.6 Å². The minimum Gasteiger partial charge on any atom is -0.485 e. The lowest BCUT2D eigenvalue weighted by atomic mass is 10.2. The molecule has 0 atom stereocenters. The molecule has 0 aliphatic carbocycles. The lowest BCUT2D eigenvalue weighted by Gasteiger charge is -2.08. The van der Waals surface area contributed by atoms with E-state index >= 15 is 0 Å². The summed E-state index contributed by atoms with van der Waals surface area (Å²) in [7, 11) is 0. The highest BCUT2D eigenvalue weighted by Crippen LogP contribution is 2.21. The van der Waals surface area contributed by atoms with Crippen molar-refractivity contribution in [1.29, 1.82) is 0 Å². The van der Waals surface area contributed by atoms with Crippen molar-refractivity contribution in [2.24, 2.45) is 0 Å². The first-order valence-electron chi connectivity index (χ1n) is 6.64. The molecule has 6 heteroatoms. The molecule has 0 bridgehead atoms. The van der Waals surface area contributed by atoms with Gasteiger partial charge in [0.15, 0.2) is 11.5 Å². The number of pyridine rings is 1. The summed E-state index contributed by atoms with van der Waals surface area (Å²) in [6, 6.07) is 10.9. The average Bonchev–Trinajstić information content (AvgIpc) is 2.84. The molecule has 0 fully saturated rings. The SMILES string of the molecule is Cc1ccccc1OCc1nc(C(=O)O)c2cc(Cl)ccn12. The normalized spacial score (nSPS) is 10.8. The molecular weight excluding hydrogens is 304 g/mol. The molecule has 3 rings (SSSR count). The van der Waals surface area contributed by atoms with Crippen molar-refractivity contribution in [2.75, 3.05) is 0 Å². The lowest BCUT2D eigenvalue weighted by molar-refractivity contribution is 0.0693. The van der Waals surface area contributed by atoms with Gasteiger partial charge in [0.25, 0.3) is 0 Å². The largest absolute Gasteiger partial charge is 0.485 e. The van der Waals surface area contributed by atoms with E-state index in [1.54, 1.807) is 22.7 Å². The summed E-state index contributed by atoms with van der Waals surface area (Å²) in [6.07, 6.45) is 1.69. The van der Waals surface area contributed by atoms with Gasteiger partial charge in [-0.1, -0.05) is 29.8 Å². The van der Waals surface area contributed by atoms with Gasteiger partial charge in [0.1, 0.15) is 12.4 Å². The summed E-state index contributed by atoms with van der Waals surface area (Å²) >= 11 is 5.93. The van der Waals surface area contributed by atoms with Crippen LogP contribution in [0.3, 0.4) is 0 Å². The average molecular weight is 317 g/mol. The summed E-state index contributed by atoms with van der Waals surface area (Å²) in [6.45, 7) is 2.11. The number of nitrogens with zero attached hydrogens (tertiary/aromatic N) is 2. The molecule has 112 valence electrons. The van der Waals surface area contributed by atoms with Gasteiger partial charge in [-0.15, -0.1) is 0 Å². The molecule has 1 N–H and O–H groups in total. The molecular formula is C16H13ClN2O3. The van der Waals surface area contributed by atoms with Crippen molar-refractivity contribution in [3.63, 3.8) is 0 Å². The Morgan fingerprint density at radius 3 is 2.86 bits per heavy atom. The van der Waals surface area contributed by atoms with Crippen LogP contribution in [0, 0.1) is 6.92 Å². The minimum absolute atomic E-state index is 0.0362. The molecule has 0 aliphatic rings. The van der Waals surface area contributed by atoms with Crippen molar-refractivity contribution in [3.8, 4) is 5.75 Å². The zero-order valence-electron chi connectivity index (χ0n) is 11.8. The van der Waals surface area contributed by atoms with Crippen LogP contribution < -0.4 is 4.74 Å². The number of imidazole rings is 1. The van der Waals surface area contributed by atoms with E-state index < -0.39 is 5.97 Å². The Bertz CT molecular complexity index is 858. The van der Waals surface area contributed by atoms with Gasteiger partial charge >= 0.3 is 5.97 Å². The van der Waals surface area contributed by atoms with E-state index in [9.17, 15) is 9.90 Å². The summed E-state index contributed by atoms with van der Waals surface area (Å²) < 4.78 is 7.42. The predicted octanol–water partition coefficient (Wildman–Crippen LogP) is 3.57. The number of para-hydroxylation sites is 1. The molecule has 1 aromatic carbocycles. The second kappa shape index (κ2) is 5.69. The van der Waals surface area contributed by atoms with Gasteiger partial charge in [0, 0.05) is 11.2 Å². The van der Waals surface area contributed by atoms with E-state index in [1.165, 1.54) is 0 Å². The maximum atomic E-state index is 11.3. The van der Waals surface area contributed by atoms with E-state index in [4.69, 9.17) is 16.3 Å². The van der Waals surface area contributed by atoms with E-state index in [2.05, 4.69) is 4.98 Å². The molecule has 0 radical (unpaired) electrons. The fourth-order valence-electron chi connectivity index (χ4n) is 2.24. The van der Waals surface area contributed by atoms with Crippen LogP contribution in [-0.2, 0) is 6.61 Å². The van der Waals surface area contributed by atoms with E-state index in [-0.39, 0.29) is 12.3 Å². The number of carboxylic acid groups (broad SMARTS) is 1. The van der Waals surface area contributed by atoms with Crippen LogP contribution in [-0.4, -0.2) is 20.5 Å². The first kappa shape index (κ1) is 14.4. The number of carbonyl (C=O) groups is 1. The quantitative estimate of drug-likeness (QED) is 0.799. The Balaban J connectivity index is 1.97. The van der Waals surface area contributed by atoms with Gasteiger partial charge in [-0.25, -0.2) is 9.78 Å². The zero-order valence-corrected chi connectivity index (χ0v) is 12.5. The highest BCUT2D eigenvalue weighted by molar-refractivity contribution is 6.31. The van der Waals surface area contributed by atoms with Gasteiger partial charge in [0.05, 0.1) is 5.52 Å². The van der Waals surface area contributed by atoms with Gasteiger partial charge in [0.2, 0.25) is 0 Å². The molecule has 2 heterocycles. The van der Waals surface area contributed by atoms with Crippen molar-refractivity contribution < 1.29 is 14.6 Å². The van der Waals surface area contributed by atoms with Gasteiger partial charge in [-0.2, -0.15) is 0 Å². The molecule has 0 saturated carbocycles. The van der Waals surface area contributed by atoms with E-state index in [1.807, 2.05) is 31.2 Å². The van der Waals surface area contributed by atoms with E-state index in [0.29, 0.717) is 16.4 Å². The standard InChI is InChI=1S/C16H13ClN2O3/c1-10-4-2-3-5-13(10)22-9-14-18-15(16(20)21)12-8-11(17)6-7-19(12)14/h2-8H,9H2,1H3,(H,20,21). The number of aromatic carboxylic acids is 1. The van der Waals surface area contributed by atoms with Crippen LogP contribution in [0.5, 0.6) is 5.75 Å². The summed E-state index contributed by atoms with van der Waals surface area (Å²) in [4.78, 5) is 15.5. The number of carboxylic acids is 1. The molecule has 0 amide bonds. The van der Waals surface area contributed by atoms with Crippen LogP contribution in [0.4, 0.5) is 0 Å². The van der Waals surface area contributed by atoms with Gasteiger partial charge < -0.3 is 9.84 Å². The van der Waals surface area contributed by atoms with Crippen molar-refractivity contribution in [3.05, 3.63) is 64.7 Å². The number of fused-ring (bicyclic) bond motifs is 1. The molecule has 0 aliphatic heterocycles. The number of benzene rings is 1. The fourth-order valence-corrected chi connectivity index (χ4v) is 2.40. The summed E-state index contributed by atoms with van der Waals surface area (Å²) in [5.74, 6) is 0.152. The number of hydrogen-bond acceptors (Lipinski definition) is 3. The third-order valence-electron chi connectivity index (χ3n) is 3.33. The monoisotopic (exact) mass is 316 g/mol. The van der Waals surface area contributed by atoms with Gasteiger partial charge in [-0.05, 0) is 30.7 Å². The second-order valence-corrected chi connectivity index (χ2v) is 5.27. The Labute approximate surface area is 131 Å². The number of ether oxygens (including phenoxy) is 1. The first-order valence-corrected chi connectivity index (χ1v) is 7.02. The smallest absolute Gasteiger partial charge is 0.356 e. The zero-order chi connectivity index (χ0) is 15.7. The summed E-state index contributed by atoms with van der Waals surface area (Å²) in [5, 5.41) is 9.72. The van der Waals surface area contributed by atoms with Crippen LogP contribution in [0.25, 0.3) is 5.52 Å². The van der Waals surface area contributed by atoms with Crippen LogP contribution in [0.2, 0.25) is 5.02 Å². The van der Waals surface area contributed by atoms with Crippen molar-refractivity contribution in [1.82, 2.24) is 9.38 Å². The number of aryl methyl sites for hydroxylation is 1. The number of halogens is 1. The van der Waals surface area contributed by atoms with Crippen LogP contribution in [0.1, 0.15) is 21.9 Å². The highest BCUT2D eigenvalue weighted by Gasteiger charge is 2.17. The molecule has 0 spiro atoms. The molecule has 0 unspecified atom stereocenters. The third-order valence-corrected chi connectivity index (χ3v) is 3.57. The molecule has 2 aromatic heterocycles. The highest BCUT2D eigenvalue weighted by atomic mass is 35.5. The number of aromatic nitrogens is 2. The predicted molar refractivity (Wildman–Crippen MR) is 82.7 cm³/mol. The first-order chi connectivity index (χ1) is 10.6. The minimum atomic E-state index is -1.10. The Kier molecular flexibility index (Phi) is 3.73. The van der Waals surface area contributed by atoms with Crippen LogP contribution in [0.15, 0.2) is 42.6 Å². The molecule has 22 heavy (non-hydrogen) atoms. The molecule has 5 nitrogen and oxygen atoms in total. The Morgan fingerprint density at radius 1 is 1.36 bits per heavy atom. The Morgan fingerprint density at radius 2 is 2.14 bits per heavy atom. The lowest BCUT2D eigenvalue weighted by Crippen LogP contribution is -2.02. The van der Waals surface area contributed by atoms with E-state index in [0.717, 1.165) is 11.3 Å². The third kappa shape index (κ3) is 2.63. The summed E-state index contributed by atoms with van der Waals surface area (Å²) in [5.41, 5.74) is 1.42. The van der Waals surface area contributed by atoms with Gasteiger partial charge in [-0.3, -0.25) is 4.40 Å². The number of rotatable bonds is 4. The maximum Gasteiger partial charge on any atom is 0.356 e. The molecule has 3 aromatic rings. The topological polar surface area (TPSA) is 63.8 Å².